The minimum atomic E-state index is -0.258. The van der Waals surface area contributed by atoms with Gasteiger partial charge in [0.05, 0.1) is 18.5 Å². The largest absolute Gasteiger partial charge is 0.383 e. The third kappa shape index (κ3) is 2.26. The summed E-state index contributed by atoms with van der Waals surface area (Å²) in [6.07, 6.45) is 0. The Bertz CT molecular complexity index is 709. The summed E-state index contributed by atoms with van der Waals surface area (Å²) in [7, 11) is 1.60. The van der Waals surface area contributed by atoms with E-state index in [-0.39, 0.29) is 17.3 Å². The van der Waals surface area contributed by atoms with Crippen molar-refractivity contribution in [2.45, 2.75) is 33.4 Å². The van der Waals surface area contributed by atoms with Gasteiger partial charge in [-0.3, -0.25) is 13.9 Å². The molecule has 104 valence electrons. The van der Waals surface area contributed by atoms with E-state index in [0.29, 0.717) is 18.5 Å². The van der Waals surface area contributed by atoms with Crippen LogP contribution in [-0.2, 0) is 11.3 Å². The van der Waals surface area contributed by atoms with Gasteiger partial charge in [-0.2, -0.15) is 0 Å². The van der Waals surface area contributed by atoms with Crippen molar-refractivity contribution < 1.29 is 4.74 Å². The van der Waals surface area contributed by atoms with Gasteiger partial charge in [0.2, 0.25) is 0 Å². The van der Waals surface area contributed by atoms with E-state index in [1.165, 1.54) is 15.9 Å². The Morgan fingerprint density at radius 3 is 2.63 bits per heavy atom. The van der Waals surface area contributed by atoms with Crippen LogP contribution in [-0.4, -0.2) is 22.9 Å². The van der Waals surface area contributed by atoms with Crippen molar-refractivity contribution in [3.05, 3.63) is 31.8 Å². The highest BCUT2D eigenvalue weighted by Crippen LogP contribution is 2.21. The lowest BCUT2D eigenvalue weighted by molar-refractivity contribution is 0.186. The van der Waals surface area contributed by atoms with Gasteiger partial charge in [0.1, 0.15) is 4.83 Å². The molecule has 0 amide bonds. The molecule has 2 rings (SSSR count). The van der Waals surface area contributed by atoms with E-state index in [9.17, 15) is 9.59 Å². The zero-order chi connectivity index (χ0) is 14.2. The van der Waals surface area contributed by atoms with Gasteiger partial charge in [-0.1, -0.05) is 0 Å². The Hall–Kier alpha value is -1.40. The maximum Gasteiger partial charge on any atom is 0.332 e. The number of ether oxygens (including phenoxy) is 1. The summed E-state index contributed by atoms with van der Waals surface area (Å²) < 4.78 is 8.00. The van der Waals surface area contributed by atoms with E-state index in [1.54, 1.807) is 11.7 Å². The summed E-state index contributed by atoms with van der Waals surface area (Å²) in [5.74, 6) is 0. The molecule has 0 saturated heterocycles. The first-order valence-corrected chi connectivity index (χ1v) is 7.09. The minimum Gasteiger partial charge on any atom is -0.383 e. The number of nitrogens with zero attached hydrogens (tertiary/aromatic N) is 2. The molecule has 0 atom stereocenters. The van der Waals surface area contributed by atoms with E-state index < -0.39 is 0 Å². The topological polar surface area (TPSA) is 53.2 Å². The number of hydrogen-bond acceptors (Lipinski definition) is 4. The van der Waals surface area contributed by atoms with Gasteiger partial charge >= 0.3 is 5.69 Å². The first-order chi connectivity index (χ1) is 8.99. The zero-order valence-corrected chi connectivity index (χ0v) is 12.4. The molecule has 2 aromatic rings. The molecule has 0 saturated carbocycles. The highest BCUT2D eigenvalue weighted by Gasteiger charge is 2.17. The monoisotopic (exact) mass is 282 g/mol. The number of methoxy groups -OCH3 is 1. The van der Waals surface area contributed by atoms with Crippen molar-refractivity contribution in [2.75, 3.05) is 13.7 Å². The lowest BCUT2D eigenvalue weighted by Crippen LogP contribution is -2.41. The normalized spacial score (nSPS) is 11.6. The Morgan fingerprint density at radius 2 is 2.05 bits per heavy atom. The Labute approximate surface area is 115 Å². The first kappa shape index (κ1) is 14.0. The molecule has 0 fully saturated rings. The number of aryl methyl sites for hydroxylation is 1. The zero-order valence-electron chi connectivity index (χ0n) is 11.6. The van der Waals surface area contributed by atoms with Crippen LogP contribution >= 0.6 is 11.3 Å². The van der Waals surface area contributed by atoms with Crippen LogP contribution in [0.1, 0.15) is 25.5 Å². The Balaban J connectivity index is 2.86. The highest BCUT2D eigenvalue weighted by atomic mass is 32.1. The van der Waals surface area contributed by atoms with Crippen LogP contribution in [0.2, 0.25) is 0 Å². The summed E-state index contributed by atoms with van der Waals surface area (Å²) in [6, 6.07) is -0.155. The number of rotatable bonds is 4. The van der Waals surface area contributed by atoms with Crippen molar-refractivity contribution in [3.63, 3.8) is 0 Å². The van der Waals surface area contributed by atoms with Crippen LogP contribution < -0.4 is 11.2 Å². The van der Waals surface area contributed by atoms with Gasteiger partial charge in [-0.05, 0) is 31.7 Å². The maximum absolute atomic E-state index is 12.4. The molecule has 0 N–H and O–H groups in total. The van der Waals surface area contributed by atoms with E-state index in [0.717, 1.165) is 10.4 Å². The summed E-state index contributed by atoms with van der Waals surface area (Å²) in [5, 5.41) is 2.56. The quantitative estimate of drug-likeness (QED) is 0.858. The predicted octanol–water partition coefficient (Wildman–Crippen LogP) is 1.76. The molecule has 5 nitrogen and oxygen atoms in total. The molecule has 19 heavy (non-hydrogen) atoms. The molecule has 0 aliphatic rings. The van der Waals surface area contributed by atoms with E-state index >= 15 is 0 Å². The number of hydrogen-bond donors (Lipinski definition) is 0. The van der Waals surface area contributed by atoms with Crippen molar-refractivity contribution in [2.24, 2.45) is 0 Å². The Kier molecular flexibility index (Phi) is 3.91. The van der Waals surface area contributed by atoms with Crippen molar-refractivity contribution >= 4 is 21.6 Å². The number of aromatic nitrogens is 2. The van der Waals surface area contributed by atoms with Crippen LogP contribution in [0.4, 0.5) is 0 Å². The van der Waals surface area contributed by atoms with Crippen LogP contribution in [0.5, 0.6) is 0 Å². The number of thiophene rings is 1. The fraction of sp³-hybridized carbons (Fsp3) is 0.538. The van der Waals surface area contributed by atoms with Crippen LogP contribution in [0.15, 0.2) is 15.0 Å². The second kappa shape index (κ2) is 5.30. The molecular formula is C13H18N2O3S. The molecule has 0 aromatic carbocycles. The molecule has 0 aliphatic heterocycles. The molecular weight excluding hydrogens is 264 g/mol. The summed E-state index contributed by atoms with van der Waals surface area (Å²) in [5.41, 5.74) is 0.472. The van der Waals surface area contributed by atoms with Crippen molar-refractivity contribution in [1.29, 1.82) is 0 Å². The van der Waals surface area contributed by atoms with Crippen molar-refractivity contribution in [3.8, 4) is 0 Å². The minimum absolute atomic E-state index is 0.155. The lowest BCUT2D eigenvalue weighted by Gasteiger charge is -2.14. The van der Waals surface area contributed by atoms with E-state index in [4.69, 9.17) is 4.74 Å². The van der Waals surface area contributed by atoms with Gasteiger partial charge in [0.25, 0.3) is 5.56 Å². The molecule has 0 radical (unpaired) electrons. The second-order valence-electron chi connectivity index (χ2n) is 4.79. The Morgan fingerprint density at radius 1 is 1.37 bits per heavy atom. The third-order valence-corrected chi connectivity index (χ3v) is 4.22. The molecule has 6 heteroatoms. The average molecular weight is 282 g/mol. The van der Waals surface area contributed by atoms with E-state index in [2.05, 4.69) is 0 Å². The predicted molar refractivity (Wildman–Crippen MR) is 77.3 cm³/mol. The summed E-state index contributed by atoms with van der Waals surface area (Å²) in [6.45, 7) is 6.49. The molecule has 0 aliphatic carbocycles. The molecule has 0 bridgehead atoms. The third-order valence-electron chi connectivity index (χ3n) is 3.11. The smallest absolute Gasteiger partial charge is 0.332 e. The molecule has 0 unspecified atom stereocenters. The fourth-order valence-electron chi connectivity index (χ4n) is 2.15. The van der Waals surface area contributed by atoms with Crippen LogP contribution in [0.3, 0.4) is 0 Å². The van der Waals surface area contributed by atoms with Crippen LogP contribution in [0.25, 0.3) is 10.2 Å². The highest BCUT2D eigenvalue weighted by molar-refractivity contribution is 7.17. The van der Waals surface area contributed by atoms with Crippen LogP contribution in [0, 0.1) is 6.92 Å². The van der Waals surface area contributed by atoms with Crippen molar-refractivity contribution in [1.82, 2.24) is 9.13 Å². The average Bonchev–Trinajstić information content (AvgIpc) is 2.71. The molecule has 2 heterocycles. The van der Waals surface area contributed by atoms with Gasteiger partial charge in [0.15, 0.2) is 0 Å². The van der Waals surface area contributed by atoms with Gasteiger partial charge in [0, 0.05) is 13.2 Å². The summed E-state index contributed by atoms with van der Waals surface area (Å²) in [4.78, 5) is 25.6. The van der Waals surface area contributed by atoms with E-state index in [1.807, 2.05) is 26.2 Å². The standard InChI is InChI=1S/C13H18N2O3S/c1-8(2)15-11(16)10-9(3)7-19-12(10)14(13(15)17)5-6-18-4/h7-8H,5-6H2,1-4H3. The molecule has 0 spiro atoms. The van der Waals surface area contributed by atoms with Gasteiger partial charge < -0.3 is 4.74 Å². The first-order valence-electron chi connectivity index (χ1n) is 6.21. The summed E-state index contributed by atoms with van der Waals surface area (Å²) >= 11 is 1.43. The lowest BCUT2D eigenvalue weighted by atomic mass is 10.2. The maximum atomic E-state index is 12.4. The SMILES string of the molecule is COCCn1c(=O)n(C(C)C)c(=O)c2c(C)csc21. The number of fused-ring (bicyclic) bond motifs is 1. The molecule has 2 aromatic heterocycles. The second-order valence-corrected chi connectivity index (χ2v) is 5.65. The van der Waals surface area contributed by atoms with Gasteiger partial charge in [-0.15, -0.1) is 11.3 Å². The fourth-order valence-corrected chi connectivity index (χ4v) is 3.22. The van der Waals surface area contributed by atoms with Gasteiger partial charge in [-0.25, -0.2) is 4.79 Å².